The monoisotopic (exact) mass is 409 g/mol. The first-order valence-corrected chi connectivity index (χ1v) is 12.5. The standard InChI is InChI=1S/C25H47NO3/c1-3-4-5-6-7-8-9-10-11-12-13-14-15-16-17-18-24(27)26-21-19-23(20-22-26)25(28)29-2/h23H,3-22H2,1-2H3. The molecule has 0 saturated carbocycles. The van der Waals surface area contributed by atoms with Gasteiger partial charge in [0.1, 0.15) is 0 Å². The summed E-state index contributed by atoms with van der Waals surface area (Å²) in [6.07, 6.45) is 22.3. The minimum atomic E-state index is -0.125. The number of hydrogen-bond donors (Lipinski definition) is 0. The van der Waals surface area contributed by atoms with Crippen LogP contribution in [-0.2, 0) is 14.3 Å². The molecule has 1 fully saturated rings. The first kappa shape index (κ1) is 26.0. The number of rotatable bonds is 17. The van der Waals surface area contributed by atoms with Gasteiger partial charge in [0, 0.05) is 19.5 Å². The van der Waals surface area contributed by atoms with Crippen molar-refractivity contribution in [3.05, 3.63) is 0 Å². The van der Waals surface area contributed by atoms with Gasteiger partial charge in [-0.3, -0.25) is 9.59 Å². The Morgan fingerprint density at radius 2 is 1.14 bits per heavy atom. The Labute approximate surface area is 180 Å². The van der Waals surface area contributed by atoms with Crippen molar-refractivity contribution in [2.45, 2.75) is 122 Å². The van der Waals surface area contributed by atoms with Gasteiger partial charge in [-0.15, -0.1) is 0 Å². The van der Waals surface area contributed by atoms with Gasteiger partial charge >= 0.3 is 5.97 Å². The van der Waals surface area contributed by atoms with E-state index in [0.29, 0.717) is 19.5 Å². The van der Waals surface area contributed by atoms with Crippen molar-refractivity contribution in [1.82, 2.24) is 4.90 Å². The summed E-state index contributed by atoms with van der Waals surface area (Å²) in [5.74, 6) is 0.123. The van der Waals surface area contributed by atoms with E-state index >= 15 is 0 Å². The summed E-state index contributed by atoms with van der Waals surface area (Å²) in [4.78, 5) is 25.8. The number of methoxy groups -OCH3 is 1. The second-order valence-corrected chi connectivity index (χ2v) is 8.88. The van der Waals surface area contributed by atoms with E-state index in [1.54, 1.807) is 0 Å². The molecule has 0 aliphatic carbocycles. The molecule has 29 heavy (non-hydrogen) atoms. The highest BCUT2D eigenvalue weighted by molar-refractivity contribution is 5.77. The summed E-state index contributed by atoms with van der Waals surface area (Å²) in [7, 11) is 1.44. The number of unbranched alkanes of at least 4 members (excludes halogenated alkanes) is 14. The lowest BCUT2D eigenvalue weighted by atomic mass is 9.96. The lowest BCUT2D eigenvalue weighted by molar-refractivity contribution is -0.148. The van der Waals surface area contributed by atoms with Crippen LogP contribution in [0.25, 0.3) is 0 Å². The first-order chi connectivity index (χ1) is 14.2. The van der Waals surface area contributed by atoms with Crippen LogP contribution in [0.2, 0.25) is 0 Å². The van der Waals surface area contributed by atoms with E-state index in [0.717, 1.165) is 19.3 Å². The molecule has 0 N–H and O–H groups in total. The number of ether oxygens (including phenoxy) is 1. The summed E-state index contributed by atoms with van der Waals surface area (Å²) in [6, 6.07) is 0. The zero-order valence-corrected chi connectivity index (χ0v) is 19.4. The molecule has 0 atom stereocenters. The van der Waals surface area contributed by atoms with E-state index in [2.05, 4.69) is 6.92 Å². The summed E-state index contributed by atoms with van der Waals surface area (Å²) >= 11 is 0. The predicted octanol–water partition coefficient (Wildman–Crippen LogP) is 6.66. The molecule has 0 bridgehead atoms. The van der Waals surface area contributed by atoms with Crippen LogP contribution < -0.4 is 0 Å². The van der Waals surface area contributed by atoms with Gasteiger partial charge in [-0.2, -0.15) is 0 Å². The van der Waals surface area contributed by atoms with Crippen molar-refractivity contribution < 1.29 is 14.3 Å². The molecule has 1 aliphatic rings. The van der Waals surface area contributed by atoms with Gasteiger partial charge < -0.3 is 9.64 Å². The highest BCUT2D eigenvalue weighted by atomic mass is 16.5. The van der Waals surface area contributed by atoms with Crippen LogP contribution in [0.1, 0.15) is 122 Å². The Hall–Kier alpha value is -1.06. The molecule has 1 aliphatic heterocycles. The van der Waals surface area contributed by atoms with Crippen LogP contribution in [0.5, 0.6) is 0 Å². The van der Waals surface area contributed by atoms with Gasteiger partial charge in [0.05, 0.1) is 13.0 Å². The number of piperidine rings is 1. The van der Waals surface area contributed by atoms with Crippen molar-refractivity contribution in [2.24, 2.45) is 5.92 Å². The van der Waals surface area contributed by atoms with Crippen LogP contribution in [0.15, 0.2) is 0 Å². The van der Waals surface area contributed by atoms with E-state index in [1.807, 2.05) is 4.90 Å². The highest BCUT2D eigenvalue weighted by Gasteiger charge is 2.27. The summed E-state index contributed by atoms with van der Waals surface area (Å²) in [5, 5.41) is 0. The molecule has 0 aromatic rings. The summed E-state index contributed by atoms with van der Waals surface area (Å²) < 4.78 is 4.80. The number of likely N-dealkylation sites (tertiary alicyclic amines) is 1. The van der Waals surface area contributed by atoms with Crippen molar-refractivity contribution in [3.8, 4) is 0 Å². The fraction of sp³-hybridized carbons (Fsp3) is 0.920. The van der Waals surface area contributed by atoms with E-state index < -0.39 is 0 Å². The Kier molecular flexibility index (Phi) is 15.9. The molecule has 4 nitrogen and oxygen atoms in total. The van der Waals surface area contributed by atoms with E-state index in [-0.39, 0.29) is 17.8 Å². The fourth-order valence-electron chi connectivity index (χ4n) is 4.34. The van der Waals surface area contributed by atoms with Crippen LogP contribution in [0.3, 0.4) is 0 Å². The van der Waals surface area contributed by atoms with Crippen LogP contribution in [-0.4, -0.2) is 37.0 Å². The van der Waals surface area contributed by atoms with Crippen LogP contribution in [0.4, 0.5) is 0 Å². The topological polar surface area (TPSA) is 46.6 Å². The number of hydrogen-bond acceptors (Lipinski definition) is 3. The second-order valence-electron chi connectivity index (χ2n) is 8.88. The van der Waals surface area contributed by atoms with Gasteiger partial charge in [0.2, 0.25) is 5.91 Å². The number of amides is 1. The molecular weight excluding hydrogens is 362 g/mol. The van der Waals surface area contributed by atoms with Crippen LogP contribution >= 0.6 is 0 Å². The molecule has 170 valence electrons. The second kappa shape index (κ2) is 17.8. The van der Waals surface area contributed by atoms with Crippen molar-refractivity contribution >= 4 is 11.9 Å². The van der Waals surface area contributed by atoms with Gasteiger partial charge in [-0.05, 0) is 19.3 Å². The summed E-state index contributed by atoms with van der Waals surface area (Å²) in [6.45, 7) is 3.69. The van der Waals surface area contributed by atoms with Gasteiger partial charge in [-0.25, -0.2) is 0 Å². The molecule has 0 radical (unpaired) electrons. The largest absolute Gasteiger partial charge is 0.469 e. The number of carbonyl (C=O) groups is 2. The molecule has 1 saturated heterocycles. The van der Waals surface area contributed by atoms with Crippen molar-refractivity contribution in [2.75, 3.05) is 20.2 Å². The molecule has 0 aromatic heterocycles. The van der Waals surface area contributed by atoms with Crippen molar-refractivity contribution in [3.63, 3.8) is 0 Å². The molecule has 0 spiro atoms. The lowest BCUT2D eigenvalue weighted by Crippen LogP contribution is -2.40. The zero-order valence-electron chi connectivity index (χ0n) is 19.4. The maximum atomic E-state index is 12.3. The quantitative estimate of drug-likeness (QED) is 0.199. The Morgan fingerprint density at radius 1 is 0.724 bits per heavy atom. The molecule has 1 amide bonds. The number of carbonyl (C=O) groups excluding carboxylic acids is 2. The molecule has 1 heterocycles. The van der Waals surface area contributed by atoms with E-state index in [1.165, 1.54) is 97.0 Å². The Balaban J connectivity index is 1.84. The van der Waals surface area contributed by atoms with Crippen molar-refractivity contribution in [1.29, 1.82) is 0 Å². The maximum Gasteiger partial charge on any atom is 0.308 e. The lowest BCUT2D eigenvalue weighted by Gasteiger charge is -2.30. The third-order valence-corrected chi connectivity index (χ3v) is 6.38. The predicted molar refractivity (Wildman–Crippen MR) is 121 cm³/mol. The molecular formula is C25H47NO3. The average Bonchev–Trinajstić information content (AvgIpc) is 2.75. The molecule has 1 rings (SSSR count). The van der Waals surface area contributed by atoms with E-state index in [9.17, 15) is 9.59 Å². The van der Waals surface area contributed by atoms with Gasteiger partial charge in [0.25, 0.3) is 0 Å². The highest BCUT2D eigenvalue weighted by Crippen LogP contribution is 2.20. The third-order valence-electron chi connectivity index (χ3n) is 6.38. The minimum Gasteiger partial charge on any atom is -0.469 e. The van der Waals surface area contributed by atoms with Gasteiger partial charge in [0.15, 0.2) is 0 Å². The third kappa shape index (κ3) is 13.0. The zero-order chi connectivity index (χ0) is 21.2. The number of esters is 1. The SMILES string of the molecule is CCCCCCCCCCCCCCCCCC(=O)N1CCC(C(=O)OC)CC1. The van der Waals surface area contributed by atoms with Crippen LogP contribution in [0, 0.1) is 5.92 Å². The Morgan fingerprint density at radius 3 is 1.55 bits per heavy atom. The molecule has 0 aromatic carbocycles. The van der Waals surface area contributed by atoms with Gasteiger partial charge in [-0.1, -0.05) is 96.8 Å². The first-order valence-electron chi connectivity index (χ1n) is 12.5. The Bertz CT molecular complexity index is 416. The van der Waals surface area contributed by atoms with E-state index in [4.69, 9.17) is 4.74 Å². The smallest absolute Gasteiger partial charge is 0.308 e. The molecule has 4 heteroatoms. The summed E-state index contributed by atoms with van der Waals surface area (Å²) in [5.41, 5.74) is 0. The normalized spacial score (nSPS) is 14.9. The number of nitrogens with zero attached hydrogens (tertiary/aromatic N) is 1. The fourth-order valence-corrected chi connectivity index (χ4v) is 4.34. The maximum absolute atomic E-state index is 12.3. The molecule has 0 unspecified atom stereocenters. The average molecular weight is 410 g/mol. The minimum absolute atomic E-state index is 0.0187.